The van der Waals surface area contributed by atoms with Crippen LogP contribution in [0, 0.1) is 6.92 Å². The van der Waals surface area contributed by atoms with Crippen molar-refractivity contribution in [1.82, 2.24) is 9.62 Å². The zero-order chi connectivity index (χ0) is 26.0. The second-order valence-electron chi connectivity index (χ2n) is 9.69. The maximum Gasteiger partial charge on any atom is 0.243 e. The molecule has 0 aromatic heterocycles. The molecule has 11 heteroatoms. The highest BCUT2D eigenvalue weighted by Crippen LogP contribution is 2.33. The number of ether oxygens (including phenoxy) is 4. The van der Waals surface area contributed by atoms with Crippen LogP contribution in [0.4, 0.5) is 0 Å². The molecule has 2 fully saturated rings. The van der Waals surface area contributed by atoms with Crippen LogP contribution in [0.5, 0.6) is 11.5 Å². The molecule has 0 radical (unpaired) electrons. The lowest BCUT2D eigenvalue weighted by Gasteiger charge is -2.43. The smallest absolute Gasteiger partial charge is 0.243 e. The fourth-order valence-electron chi connectivity index (χ4n) is 5.01. The van der Waals surface area contributed by atoms with E-state index in [9.17, 15) is 18.3 Å². The van der Waals surface area contributed by atoms with Crippen molar-refractivity contribution in [3.8, 4) is 11.5 Å². The van der Waals surface area contributed by atoms with E-state index in [4.69, 9.17) is 18.9 Å². The van der Waals surface area contributed by atoms with E-state index in [2.05, 4.69) is 5.32 Å². The SMILES string of the molecule is Cc1cccc(S(=O)(=O)N2C[C@H](O)COC[C@@H]3O[C@@H](CC(=O)NCc4ccc5c(c4)OCO5)CC[C@H]32)c1. The van der Waals surface area contributed by atoms with Gasteiger partial charge in [-0.15, -0.1) is 0 Å². The molecule has 10 nitrogen and oxygen atoms in total. The molecular formula is C26H32N2O8S. The Morgan fingerprint density at radius 3 is 2.78 bits per heavy atom. The van der Waals surface area contributed by atoms with Gasteiger partial charge in [0.2, 0.25) is 22.7 Å². The lowest BCUT2D eigenvalue weighted by molar-refractivity contribution is -0.146. The molecule has 0 bridgehead atoms. The summed E-state index contributed by atoms with van der Waals surface area (Å²) in [5.74, 6) is 1.19. The number of hydrogen-bond acceptors (Lipinski definition) is 8. The van der Waals surface area contributed by atoms with Crippen LogP contribution in [-0.4, -0.2) is 74.6 Å². The molecular weight excluding hydrogens is 500 g/mol. The van der Waals surface area contributed by atoms with Crippen molar-refractivity contribution in [3.05, 3.63) is 53.6 Å². The van der Waals surface area contributed by atoms with E-state index in [1.165, 1.54) is 4.31 Å². The van der Waals surface area contributed by atoms with Gasteiger partial charge in [0, 0.05) is 13.1 Å². The van der Waals surface area contributed by atoms with Crippen LogP contribution in [0.1, 0.15) is 30.4 Å². The van der Waals surface area contributed by atoms with Crippen LogP contribution in [0.15, 0.2) is 47.4 Å². The van der Waals surface area contributed by atoms with Crippen molar-refractivity contribution < 1.29 is 37.3 Å². The number of benzene rings is 2. The maximum absolute atomic E-state index is 13.6. The largest absolute Gasteiger partial charge is 0.454 e. The number of aliphatic hydroxyl groups excluding tert-OH is 1. The standard InChI is InChI=1S/C26H32N2O8S/c1-17-3-2-4-21(9-17)37(31,32)28-13-19(29)14-33-15-25-22(28)7-6-20(36-25)11-26(30)27-12-18-5-8-23-24(10-18)35-16-34-23/h2-5,8-10,19-20,22,25,29H,6-7,11-16H2,1H3,(H,27,30)/t19-,20+,22+,25-/m0/s1. The molecule has 37 heavy (non-hydrogen) atoms. The summed E-state index contributed by atoms with van der Waals surface area (Å²) in [6, 6.07) is 11.8. The van der Waals surface area contributed by atoms with E-state index in [1.807, 2.05) is 31.2 Å². The minimum atomic E-state index is -3.87. The van der Waals surface area contributed by atoms with Gasteiger partial charge >= 0.3 is 0 Å². The molecule has 5 rings (SSSR count). The molecule has 3 heterocycles. The predicted octanol–water partition coefficient (Wildman–Crippen LogP) is 1.73. The van der Waals surface area contributed by atoms with Gasteiger partial charge in [0.1, 0.15) is 0 Å². The molecule has 3 aliphatic heterocycles. The number of sulfonamides is 1. The summed E-state index contributed by atoms with van der Waals surface area (Å²) < 4.78 is 51.1. The first-order valence-corrected chi connectivity index (χ1v) is 13.9. The minimum absolute atomic E-state index is 0.00705. The summed E-state index contributed by atoms with van der Waals surface area (Å²) in [6.45, 7) is 2.44. The molecule has 2 aromatic rings. The topological polar surface area (TPSA) is 124 Å². The Morgan fingerprint density at radius 2 is 1.95 bits per heavy atom. The van der Waals surface area contributed by atoms with Gasteiger partial charge < -0.3 is 29.4 Å². The normalized spacial score (nSPS) is 26.1. The van der Waals surface area contributed by atoms with E-state index in [1.54, 1.807) is 18.2 Å². The van der Waals surface area contributed by atoms with E-state index >= 15 is 0 Å². The van der Waals surface area contributed by atoms with E-state index in [0.29, 0.717) is 30.9 Å². The van der Waals surface area contributed by atoms with Crippen LogP contribution in [0.2, 0.25) is 0 Å². The van der Waals surface area contributed by atoms with E-state index in [-0.39, 0.29) is 49.9 Å². The van der Waals surface area contributed by atoms with Crippen molar-refractivity contribution in [2.45, 2.75) is 62.0 Å². The number of fused-ring (bicyclic) bond motifs is 2. The van der Waals surface area contributed by atoms with Gasteiger partial charge in [0.15, 0.2) is 11.5 Å². The molecule has 2 saturated heterocycles. The minimum Gasteiger partial charge on any atom is -0.454 e. The summed E-state index contributed by atoms with van der Waals surface area (Å²) in [4.78, 5) is 12.9. The van der Waals surface area contributed by atoms with Crippen LogP contribution >= 0.6 is 0 Å². The van der Waals surface area contributed by atoms with Gasteiger partial charge in [0.25, 0.3) is 0 Å². The number of β-amino-alcohol motifs (C(OH)–C–C–N with tert-alkyl or cyclic N) is 1. The molecule has 0 aliphatic carbocycles. The quantitative estimate of drug-likeness (QED) is 0.577. The number of nitrogens with one attached hydrogen (secondary N) is 1. The van der Waals surface area contributed by atoms with Gasteiger partial charge in [0.05, 0.1) is 48.9 Å². The van der Waals surface area contributed by atoms with Crippen molar-refractivity contribution >= 4 is 15.9 Å². The van der Waals surface area contributed by atoms with Gasteiger partial charge in [-0.25, -0.2) is 8.42 Å². The average Bonchev–Trinajstić information content (AvgIpc) is 3.33. The number of aliphatic hydroxyl groups is 1. The third-order valence-corrected chi connectivity index (χ3v) is 8.76. The fourth-order valence-corrected chi connectivity index (χ4v) is 6.83. The highest BCUT2D eigenvalue weighted by Gasteiger charge is 2.43. The second-order valence-corrected chi connectivity index (χ2v) is 11.6. The highest BCUT2D eigenvalue weighted by atomic mass is 32.2. The predicted molar refractivity (Wildman–Crippen MR) is 133 cm³/mol. The number of amides is 1. The second kappa shape index (κ2) is 11.0. The number of carbonyl (C=O) groups is 1. The zero-order valence-electron chi connectivity index (χ0n) is 20.7. The maximum atomic E-state index is 13.6. The molecule has 2 N–H and O–H groups in total. The zero-order valence-corrected chi connectivity index (χ0v) is 21.5. The molecule has 0 saturated carbocycles. The number of nitrogens with zero attached hydrogens (tertiary/aromatic N) is 1. The first-order valence-electron chi connectivity index (χ1n) is 12.4. The fraction of sp³-hybridized carbons (Fsp3) is 0.500. The Morgan fingerprint density at radius 1 is 1.11 bits per heavy atom. The molecule has 0 unspecified atom stereocenters. The lowest BCUT2D eigenvalue weighted by Crippen LogP contribution is -2.57. The lowest BCUT2D eigenvalue weighted by atomic mass is 9.96. The van der Waals surface area contributed by atoms with Crippen LogP contribution in [0.3, 0.4) is 0 Å². The number of carbonyl (C=O) groups excluding carboxylic acids is 1. The highest BCUT2D eigenvalue weighted by molar-refractivity contribution is 7.89. The van der Waals surface area contributed by atoms with Crippen molar-refractivity contribution in [2.24, 2.45) is 0 Å². The Balaban J connectivity index is 1.23. The molecule has 0 spiro atoms. The van der Waals surface area contributed by atoms with Crippen LogP contribution < -0.4 is 14.8 Å². The third-order valence-electron chi connectivity index (χ3n) is 6.87. The Bertz CT molecular complexity index is 1240. The number of rotatable bonds is 6. The first kappa shape index (κ1) is 25.9. The van der Waals surface area contributed by atoms with Crippen molar-refractivity contribution in [3.63, 3.8) is 0 Å². The van der Waals surface area contributed by atoms with Crippen LogP contribution in [-0.2, 0) is 30.8 Å². The Kier molecular flexibility index (Phi) is 7.68. The van der Waals surface area contributed by atoms with E-state index in [0.717, 1.165) is 11.1 Å². The van der Waals surface area contributed by atoms with Crippen molar-refractivity contribution in [2.75, 3.05) is 26.6 Å². The average molecular weight is 533 g/mol. The van der Waals surface area contributed by atoms with Crippen LogP contribution in [0.25, 0.3) is 0 Å². The molecule has 200 valence electrons. The summed E-state index contributed by atoms with van der Waals surface area (Å²) in [5.41, 5.74) is 1.73. The molecule has 1 amide bonds. The summed E-state index contributed by atoms with van der Waals surface area (Å²) in [6.07, 6.45) is -0.705. The summed E-state index contributed by atoms with van der Waals surface area (Å²) in [5, 5.41) is 13.3. The number of hydrogen-bond donors (Lipinski definition) is 2. The van der Waals surface area contributed by atoms with Gasteiger partial charge in [-0.05, 0) is 55.2 Å². The van der Waals surface area contributed by atoms with Crippen molar-refractivity contribution in [1.29, 1.82) is 0 Å². The summed E-state index contributed by atoms with van der Waals surface area (Å²) >= 11 is 0. The number of aryl methyl sites for hydroxylation is 1. The van der Waals surface area contributed by atoms with Gasteiger partial charge in [-0.1, -0.05) is 18.2 Å². The first-order chi connectivity index (χ1) is 17.8. The van der Waals surface area contributed by atoms with Gasteiger partial charge in [-0.3, -0.25) is 4.79 Å². The molecule has 2 aromatic carbocycles. The molecule has 3 aliphatic rings. The Hall–Kier alpha value is -2.70. The summed E-state index contributed by atoms with van der Waals surface area (Å²) in [7, 11) is -3.87. The van der Waals surface area contributed by atoms with E-state index < -0.39 is 28.3 Å². The van der Waals surface area contributed by atoms with Gasteiger partial charge in [-0.2, -0.15) is 4.31 Å². The monoisotopic (exact) mass is 532 g/mol. The molecule has 4 atom stereocenters. The Labute approximate surface area is 216 Å². The third kappa shape index (κ3) is 5.91.